The number of halogens is 2. The average Bonchev–Trinajstić information content (AvgIpc) is 3.01. The summed E-state index contributed by atoms with van der Waals surface area (Å²) >= 11 is 5.92. The molecule has 162 valence electrons. The van der Waals surface area contributed by atoms with Crippen LogP contribution in [-0.2, 0) is 4.79 Å². The lowest BCUT2D eigenvalue weighted by Gasteiger charge is -2.11. The largest absolute Gasteiger partial charge is 0.496 e. The summed E-state index contributed by atoms with van der Waals surface area (Å²) < 4.78 is 25.3. The van der Waals surface area contributed by atoms with Crippen molar-refractivity contribution in [1.29, 1.82) is 0 Å². The summed E-state index contributed by atoms with van der Waals surface area (Å²) in [5.74, 6) is 0.469. The molecule has 1 N–H and O–H groups in total. The average molecular weight is 451 g/mol. The van der Waals surface area contributed by atoms with Gasteiger partial charge in [-0.25, -0.2) is 4.39 Å². The molecular formula is C26H20ClFO4. The first-order valence-corrected chi connectivity index (χ1v) is 10.3. The normalized spacial score (nSPS) is 13.9. The van der Waals surface area contributed by atoms with E-state index >= 15 is 0 Å². The lowest BCUT2D eigenvalue weighted by Crippen LogP contribution is -1.97. The number of allylic oxidation sites excluding steroid dienone is 2. The Morgan fingerprint density at radius 3 is 2.44 bits per heavy atom. The number of ether oxygens (including phenoxy) is 2. The van der Waals surface area contributed by atoms with Gasteiger partial charge in [0, 0.05) is 16.7 Å². The highest BCUT2D eigenvalue weighted by Gasteiger charge is 2.26. The zero-order valence-corrected chi connectivity index (χ0v) is 18.2. The molecule has 4 nitrogen and oxygen atoms in total. The Morgan fingerprint density at radius 1 is 1.03 bits per heavy atom. The summed E-state index contributed by atoms with van der Waals surface area (Å²) in [4.78, 5) is 11.4. The quantitative estimate of drug-likeness (QED) is 0.436. The first-order chi connectivity index (χ1) is 15.4. The molecule has 1 aliphatic carbocycles. The smallest absolute Gasteiger partial charge is 0.307 e. The molecule has 0 bridgehead atoms. The predicted molar refractivity (Wildman–Crippen MR) is 124 cm³/mol. The number of hydrogen-bond donors (Lipinski definition) is 1. The molecule has 0 spiro atoms. The Bertz CT molecular complexity index is 1260. The fraction of sp³-hybridized carbons (Fsp3) is 0.115. The second kappa shape index (κ2) is 8.89. The minimum absolute atomic E-state index is 0.176. The Morgan fingerprint density at radius 2 is 1.75 bits per heavy atom. The number of hydrogen-bond acceptors (Lipinski definition) is 3. The van der Waals surface area contributed by atoms with Gasteiger partial charge in [-0.3, -0.25) is 4.79 Å². The molecule has 0 heterocycles. The molecule has 0 unspecified atom stereocenters. The van der Waals surface area contributed by atoms with Gasteiger partial charge >= 0.3 is 5.97 Å². The van der Waals surface area contributed by atoms with E-state index in [4.69, 9.17) is 21.1 Å². The molecule has 0 aromatic heterocycles. The highest BCUT2D eigenvalue weighted by atomic mass is 35.5. The number of methoxy groups -OCH3 is 1. The third-order valence-electron chi connectivity index (χ3n) is 5.34. The van der Waals surface area contributed by atoms with Gasteiger partial charge in [-0.1, -0.05) is 17.7 Å². The highest BCUT2D eigenvalue weighted by molar-refractivity contribution is 6.30. The first-order valence-electron chi connectivity index (χ1n) is 9.91. The lowest BCUT2D eigenvalue weighted by molar-refractivity contribution is -0.135. The molecular weight excluding hydrogens is 431 g/mol. The van der Waals surface area contributed by atoms with Crippen LogP contribution < -0.4 is 9.47 Å². The Labute approximate surface area is 190 Å². The van der Waals surface area contributed by atoms with Crippen molar-refractivity contribution in [3.05, 3.63) is 93.8 Å². The van der Waals surface area contributed by atoms with Crippen molar-refractivity contribution in [2.24, 2.45) is 0 Å². The first kappa shape index (κ1) is 21.7. The monoisotopic (exact) mass is 450 g/mol. The number of fused-ring (bicyclic) bond motifs is 1. The van der Waals surface area contributed by atoms with Crippen LogP contribution >= 0.6 is 11.6 Å². The second-order valence-electron chi connectivity index (χ2n) is 7.38. The number of benzene rings is 3. The third kappa shape index (κ3) is 4.39. The van der Waals surface area contributed by atoms with E-state index in [-0.39, 0.29) is 6.42 Å². The molecule has 6 heteroatoms. The summed E-state index contributed by atoms with van der Waals surface area (Å²) in [6, 6.07) is 17.0. The van der Waals surface area contributed by atoms with E-state index < -0.39 is 11.8 Å². The number of carbonyl (C=O) groups is 1. The van der Waals surface area contributed by atoms with E-state index in [0.29, 0.717) is 33.4 Å². The van der Waals surface area contributed by atoms with Gasteiger partial charge in [0.25, 0.3) is 0 Å². The Kier molecular flexibility index (Phi) is 6.01. The molecule has 0 aliphatic heterocycles. The van der Waals surface area contributed by atoms with Gasteiger partial charge in [-0.2, -0.15) is 0 Å². The maximum absolute atomic E-state index is 13.9. The maximum Gasteiger partial charge on any atom is 0.307 e. The predicted octanol–water partition coefficient (Wildman–Crippen LogP) is 7.08. The van der Waals surface area contributed by atoms with Crippen molar-refractivity contribution in [2.75, 3.05) is 7.11 Å². The number of carboxylic acids is 1. The summed E-state index contributed by atoms with van der Waals surface area (Å²) in [5.41, 5.74) is 4.44. The van der Waals surface area contributed by atoms with E-state index in [1.165, 1.54) is 12.1 Å². The highest BCUT2D eigenvalue weighted by Crippen LogP contribution is 2.44. The van der Waals surface area contributed by atoms with Crippen molar-refractivity contribution in [2.45, 2.75) is 13.3 Å². The maximum atomic E-state index is 13.9. The van der Waals surface area contributed by atoms with Gasteiger partial charge in [-0.15, -0.1) is 0 Å². The van der Waals surface area contributed by atoms with Crippen molar-refractivity contribution >= 4 is 34.8 Å². The molecule has 1 aliphatic rings. The minimum Gasteiger partial charge on any atom is -0.496 e. The summed E-state index contributed by atoms with van der Waals surface area (Å²) in [7, 11) is 1.57. The molecule has 0 fully saturated rings. The molecule has 0 saturated heterocycles. The van der Waals surface area contributed by atoms with Crippen LogP contribution in [0.4, 0.5) is 4.39 Å². The van der Waals surface area contributed by atoms with Gasteiger partial charge in [0.05, 0.1) is 13.5 Å². The topological polar surface area (TPSA) is 55.8 Å². The molecule has 0 atom stereocenters. The van der Waals surface area contributed by atoms with Gasteiger partial charge in [0.1, 0.15) is 23.1 Å². The van der Waals surface area contributed by atoms with Gasteiger partial charge in [-0.05, 0) is 89.4 Å². The fourth-order valence-electron chi connectivity index (χ4n) is 3.80. The number of aliphatic carboxylic acids is 1. The van der Waals surface area contributed by atoms with Crippen LogP contribution in [-0.4, -0.2) is 18.2 Å². The van der Waals surface area contributed by atoms with Crippen LogP contribution in [0, 0.1) is 5.82 Å². The SMILES string of the molecule is COc1cc(Oc2ccc(Cl)cc2)ccc1/C=C1/C(C)=C(CC(=O)O)c2cc(F)ccc21. The van der Waals surface area contributed by atoms with Crippen molar-refractivity contribution in [1.82, 2.24) is 0 Å². The number of carboxylic acid groups (broad SMARTS) is 1. The molecule has 0 saturated carbocycles. The summed E-state index contributed by atoms with van der Waals surface area (Å²) in [6.07, 6.45) is 1.75. The van der Waals surface area contributed by atoms with E-state index in [1.807, 2.05) is 25.1 Å². The van der Waals surface area contributed by atoms with Crippen LogP contribution in [0.2, 0.25) is 5.02 Å². The van der Waals surface area contributed by atoms with Crippen LogP contribution in [0.3, 0.4) is 0 Å². The molecule has 4 rings (SSSR count). The molecule has 0 radical (unpaired) electrons. The minimum atomic E-state index is -0.961. The molecule has 3 aromatic rings. The Hall–Kier alpha value is -3.57. The van der Waals surface area contributed by atoms with Crippen LogP contribution in [0.25, 0.3) is 17.2 Å². The van der Waals surface area contributed by atoms with Crippen LogP contribution in [0.15, 0.2) is 66.2 Å². The lowest BCUT2D eigenvalue weighted by atomic mass is 10.00. The fourth-order valence-corrected chi connectivity index (χ4v) is 3.93. The zero-order valence-electron chi connectivity index (χ0n) is 17.5. The van der Waals surface area contributed by atoms with E-state index in [9.17, 15) is 14.3 Å². The van der Waals surface area contributed by atoms with Crippen molar-refractivity contribution in [3.8, 4) is 17.2 Å². The van der Waals surface area contributed by atoms with Crippen LogP contribution in [0.1, 0.15) is 30.0 Å². The molecule has 32 heavy (non-hydrogen) atoms. The third-order valence-corrected chi connectivity index (χ3v) is 5.59. The summed E-state index contributed by atoms with van der Waals surface area (Å²) in [5, 5.41) is 9.95. The standard InChI is InChI=1S/C26H20ClFO4/c1-15-22(21-10-6-18(28)12-24(21)23(15)14-26(29)30)11-16-3-7-20(13-25(16)31-2)32-19-8-4-17(27)5-9-19/h3-13H,14H2,1-2H3,(H,29,30)/b22-11-. The number of rotatable bonds is 6. The second-order valence-corrected chi connectivity index (χ2v) is 7.82. The van der Waals surface area contributed by atoms with Crippen LogP contribution in [0.5, 0.6) is 17.2 Å². The van der Waals surface area contributed by atoms with Gasteiger partial charge in [0.2, 0.25) is 0 Å². The van der Waals surface area contributed by atoms with E-state index in [1.54, 1.807) is 43.5 Å². The van der Waals surface area contributed by atoms with E-state index in [2.05, 4.69) is 0 Å². The summed E-state index contributed by atoms with van der Waals surface area (Å²) in [6.45, 7) is 1.85. The van der Waals surface area contributed by atoms with Gasteiger partial charge < -0.3 is 14.6 Å². The molecule has 0 amide bonds. The molecule has 3 aromatic carbocycles. The van der Waals surface area contributed by atoms with Gasteiger partial charge in [0.15, 0.2) is 0 Å². The Balaban J connectivity index is 1.73. The van der Waals surface area contributed by atoms with Crippen molar-refractivity contribution in [3.63, 3.8) is 0 Å². The zero-order chi connectivity index (χ0) is 22.8. The van der Waals surface area contributed by atoms with E-state index in [0.717, 1.165) is 22.3 Å². The van der Waals surface area contributed by atoms with Crippen molar-refractivity contribution < 1.29 is 23.8 Å².